The standard InChI is InChI=1S/C14H21N/c1-11-3-6-13(7-4-11)10-15-14-8-5-12(2)9-14/h3-4,6-7,12,14-15H,5,8-10H2,1-2H3/t12-,14+/m0/s1. The van der Waals surface area contributed by atoms with Crippen molar-refractivity contribution in [3.8, 4) is 0 Å². The van der Waals surface area contributed by atoms with Crippen molar-refractivity contribution in [2.45, 2.75) is 45.7 Å². The van der Waals surface area contributed by atoms with E-state index >= 15 is 0 Å². The molecule has 1 saturated carbocycles. The van der Waals surface area contributed by atoms with Crippen molar-refractivity contribution in [1.29, 1.82) is 0 Å². The molecule has 0 unspecified atom stereocenters. The van der Waals surface area contributed by atoms with Crippen molar-refractivity contribution in [2.75, 3.05) is 0 Å². The first kappa shape index (κ1) is 10.7. The number of benzene rings is 1. The molecule has 1 fully saturated rings. The van der Waals surface area contributed by atoms with Crippen LogP contribution >= 0.6 is 0 Å². The first-order chi connectivity index (χ1) is 7.24. The summed E-state index contributed by atoms with van der Waals surface area (Å²) in [5, 5.41) is 3.65. The highest BCUT2D eigenvalue weighted by atomic mass is 14.9. The maximum atomic E-state index is 3.65. The van der Waals surface area contributed by atoms with Gasteiger partial charge in [0.2, 0.25) is 0 Å². The normalized spacial score (nSPS) is 25.7. The van der Waals surface area contributed by atoms with Gasteiger partial charge in [-0.2, -0.15) is 0 Å². The van der Waals surface area contributed by atoms with Gasteiger partial charge in [0.25, 0.3) is 0 Å². The Bertz CT molecular complexity index is 302. The summed E-state index contributed by atoms with van der Waals surface area (Å²) in [6, 6.07) is 9.57. The van der Waals surface area contributed by atoms with Gasteiger partial charge in [-0.3, -0.25) is 0 Å². The lowest BCUT2D eigenvalue weighted by Gasteiger charge is -2.12. The smallest absolute Gasteiger partial charge is 0.0208 e. The van der Waals surface area contributed by atoms with Gasteiger partial charge in [0, 0.05) is 12.6 Å². The third kappa shape index (κ3) is 3.07. The third-order valence-electron chi connectivity index (χ3n) is 3.41. The van der Waals surface area contributed by atoms with E-state index in [1.54, 1.807) is 0 Å². The van der Waals surface area contributed by atoms with E-state index in [-0.39, 0.29) is 0 Å². The van der Waals surface area contributed by atoms with E-state index in [0.717, 1.165) is 18.5 Å². The van der Waals surface area contributed by atoms with Gasteiger partial charge in [-0.1, -0.05) is 36.8 Å². The maximum Gasteiger partial charge on any atom is 0.0208 e. The highest BCUT2D eigenvalue weighted by Gasteiger charge is 2.20. The van der Waals surface area contributed by atoms with Crippen LogP contribution in [-0.2, 0) is 6.54 Å². The summed E-state index contributed by atoms with van der Waals surface area (Å²) in [6.45, 7) is 5.51. The van der Waals surface area contributed by atoms with Crippen LogP contribution in [0.4, 0.5) is 0 Å². The lowest BCUT2D eigenvalue weighted by atomic mass is 10.1. The second-order valence-corrected chi connectivity index (χ2v) is 4.98. The minimum absolute atomic E-state index is 0.751. The quantitative estimate of drug-likeness (QED) is 0.795. The Morgan fingerprint density at radius 3 is 2.53 bits per heavy atom. The number of rotatable bonds is 3. The summed E-state index contributed by atoms with van der Waals surface area (Å²) in [6.07, 6.45) is 4.10. The summed E-state index contributed by atoms with van der Waals surface area (Å²) in [5.41, 5.74) is 2.74. The van der Waals surface area contributed by atoms with Gasteiger partial charge >= 0.3 is 0 Å². The number of hydrogen-bond donors (Lipinski definition) is 1. The Kier molecular flexibility index (Phi) is 3.42. The zero-order valence-electron chi connectivity index (χ0n) is 9.79. The molecule has 1 aliphatic carbocycles. The van der Waals surface area contributed by atoms with E-state index in [1.165, 1.54) is 30.4 Å². The fraction of sp³-hybridized carbons (Fsp3) is 0.571. The zero-order valence-corrected chi connectivity index (χ0v) is 9.79. The second kappa shape index (κ2) is 4.80. The van der Waals surface area contributed by atoms with Crippen molar-refractivity contribution in [3.63, 3.8) is 0 Å². The summed E-state index contributed by atoms with van der Waals surface area (Å²) >= 11 is 0. The Labute approximate surface area is 92.9 Å². The topological polar surface area (TPSA) is 12.0 Å². The van der Waals surface area contributed by atoms with E-state index in [0.29, 0.717) is 0 Å². The number of aryl methyl sites for hydroxylation is 1. The van der Waals surface area contributed by atoms with E-state index in [1.807, 2.05) is 0 Å². The molecule has 15 heavy (non-hydrogen) atoms. The molecule has 1 nitrogen and oxygen atoms in total. The van der Waals surface area contributed by atoms with E-state index < -0.39 is 0 Å². The van der Waals surface area contributed by atoms with Crippen LogP contribution in [0.2, 0.25) is 0 Å². The predicted octanol–water partition coefficient (Wildman–Crippen LogP) is 3.27. The molecule has 1 aromatic carbocycles. The fourth-order valence-corrected chi connectivity index (χ4v) is 2.36. The van der Waals surface area contributed by atoms with Crippen LogP contribution in [0, 0.1) is 12.8 Å². The van der Waals surface area contributed by atoms with E-state index in [9.17, 15) is 0 Å². The van der Waals surface area contributed by atoms with Crippen molar-refractivity contribution in [1.82, 2.24) is 5.32 Å². The zero-order chi connectivity index (χ0) is 10.7. The van der Waals surface area contributed by atoms with Crippen molar-refractivity contribution >= 4 is 0 Å². The molecule has 0 aliphatic heterocycles. The molecule has 0 amide bonds. The van der Waals surface area contributed by atoms with Crippen molar-refractivity contribution in [2.24, 2.45) is 5.92 Å². The highest BCUT2D eigenvalue weighted by molar-refractivity contribution is 5.21. The van der Waals surface area contributed by atoms with Gasteiger partial charge in [0.05, 0.1) is 0 Å². The summed E-state index contributed by atoms with van der Waals surface area (Å²) in [4.78, 5) is 0. The van der Waals surface area contributed by atoms with Crippen LogP contribution in [0.1, 0.15) is 37.3 Å². The molecule has 0 radical (unpaired) electrons. The molecular weight excluding hydrogens is 182 g/mol. The number of nitrogens with one attached hydrogen (secondary N) is 1. The van der Waals surface area contributed by atoms with Crippen LogP contribution in [0.3, 0.4) is 0 Å². The average Bonchev–Trinajstić information content (AvgIpc) is 2.64. The summed E-state index contributed by atoms with van der Waals surface area (Å²) < 4.78 is 0. The molecule has 0 heterocycles. The maximum absolute atomic E-state index is 3.65. The van der Waals surface area contributed by atoms with Crippen LogP contribution in [0.5, 0.6) is 0 Å². The van der Waals surface area contributed by atoms with Crippen LogP contribution in [-0.4, -0.2) is 6.04 Å². The molecule has 0 saturated heterocycles. The summed E-state index contributed by atoms with van der Waals surface area (Å²) in [7, 11) is 0. The van der Waals surface area contributed by atoms with Gasteiger partial charge in [0.1, 0.15) is 0 Å². The minimum Gasteiger partial charge on any atom is -0.310 e. The van der Waals surface area contributed by atoms with Crippen molar-refractivity contribution < 1.29 is 0 Å². The Morgan fingerprint density at radius 2 is 1.93 bits per heavy atom. The van der Waals surface area contributed by atoms with Gasteiger partial charge in [-0.15, -0.1) is 0 Å². The van der Waals surface area contributed by atoms with Gasteiger partial charge < -0.3 is 5.32 Å². The second-order valence-electron chi connectivity index (χ2n) is 4.98. The fourth-order valence-electron chi connectivity index (χ4n) is 2.36. The molecule has 82 valence electrons. The minimum atomic E-state index is 0.751. The molecule has 0 spiro atoms. The van der Waals surface area contributed by atoms with Crippen LogP contribution < -0.4 is 5.32 Å². The monoisotopic (exact) mass is 203 g/mol. The molecule has 0 aromatic heterocycles. The van der Waals surface area contributed by atoms with Crippen LogP contribution in [0.15, 0.2) is 24.3 Å². The molecule has 0 bridgehead atoms. The molecular formula is C14H21N. The third-order valence-corrected chi connectivity index (χ3v) is 3.41. The Hall–Kier alpha value is -0.820. The van der Waals surface area contributed by atoms with E-state index in [4.69, 9.17) is 0 Å². The predicted molar refractivity (Wildman–Crippen MR) is 64.8 cm³/mol. The average molecular weight is 203 g/mol. The molecule has 1 aromatic rings. The largest absolute Gasteiger partial charge is 0.310 e. The lowest BCUT2D eigenvalue weighted by Crippen LogP contribution is -2.25. The summed E-state index contributed by atoms with van der Waals surface area (Å²) in [5.74, 6) is 0.917. The lowest BCUT2D eigenvalue weighted by molar-refractivity contribution is 0.502. The highest BCUT2D eigenvalue weighted by Crippen LogP contribution is 2.24. The van der Waals surface area contributed by atoms with Crippen LogP contribution in [0.25, 0.3) is 0 Å². The Balaban J connectivity index is 1.80. The number of hydrogen-bond acceptors (Lipinski definition) is 1. The molecule has 1 aliphatic rings. The molecule has 2 atom stereocenters. The molecule has 1 heteroatoms. The Morgan fingerprint density at radius 1 is 1.20 bits per heavy atom. The SMILES string of the molecule is Cc1ccc(CN[C@@H]2CC[C@H](C)C2)cc1. The molecule has 1 N–H and O–H groups in total. The molecule has 2 rings (SSSR count). The first-order valence-electron chi connectivity index (χ1n) is 6.03. The van der Waals surface area contributed by atoms with Gasteiger partial charge in [-0.25, -0.2) is 0 Å². The van der Waals surface area contributed by atoms with E-state index in [2.05, 4.69) is 43.4 Å². The van der Waals surface area contributed by atoms with Crippen molar-refractivity contribution in [3.05, 3.63) is 35.4 Å². The first-order valence-corrected chi connectivity index (χ1v) is 6.03. The van der Waals surface area contributed by atoms with Gasteiger partial charge in [-0.05, 0) is 37.7 Å². The van der Waals surface area contributed by atoms with Gasteiger partial charge in [0.15, 0.2) is 0 Å².